The van der Waals surface area contributed by atoms with E-state index in [0.717, 1.165) is 12.4 Å². The molecule has 0 aliphatic heterocycles. The summed E-state index contributed by atoms with van der Waals surface area (Å²) >= 11 is 0. The Bertz CT molecular complexity index is 278. The molecule has 0 N–H and O–H groups in total. The lowest BCUT2D eigenvalue weighted by Crippen LogP contribution is -2.05. The fraction of sp³-hybridized carbons (Fsp3) is 0.538. The van der Waals surface area contributed by atoms with Crippen molar-refractivity contribution >= 4 is 0 Å². The predicted octanol–water partition coefficient (Wildman–Crippen LogP) is 3.84. The molecule has 1 aromatic rings. The first-order valence-electron chi connectivity index (χ1n) is 5.38. The second-order valence-electron chi connectivity index (χ2n) is 4.00. The first-order valence-corrected chi connectivity index (χ1v) is 5.38. The Labute approximate surface area is 87.1 Å². The third kappa shape index (κ3) is 2.50. The van der Waals surface area contributed by atoms with Crippen LogP contribution in [0.3, 0.4) is 0 Å². The summed E-state index contributed by atoms with van der Waals surface area (Å²) in [6, 6.07) is 8.33. The Balaban J connectivity index is 2.94. The lowest BCUT2D eigenvalue weighted by molar-refractivity contribution is 0.331. The zero-order chi connectivity index (χ0) is 10.6. The highest BCUT2D eigenvalue weighted by Gasteiger charge is 2.13. The minimum atomic E-state index is 0.553. The number of hydrogen-bond acceptors (Lipinski definition) is 1. The fourth-order valence-electron chi connectivity index (χ4n) is 1.50. The quantitative estimate of drug-likeness (QED) is 0.704. The fourth-order valence-corrected chi connectivity index (χ4v) is 1.50. The van der Waals surface area contributed by atoms with Crippen molar-refractivity contribution in [3.05, 3.63) is 29.8 Å². The Morgan fingerprint density at radius 2 is 1.79 bits per heavy atom. The number of para-hydroxylation sites is 1. The van der Waals surface area contributed by atoms with Crippen molar-refractivity contribution in [2.75, 3.05) is 6.61 Å². The van der Waals surface area contributed by atoms with E-state index in [4.69, 9.17) is 4.74 Å². The average Bonchev–Trinajstić information content (AvgIpc) is 2.18. The number of rotatable bonds is 4. The van der Waals surface area contributed by atoms with Gasteiger partial charge in [0.1, 0.15) is 5.75 Å². The topological polar surface area (TPSA) is 9.23 Å². The summed E-state index contributed by atoms with van der Waals surface area (Å²) in [5.41, 5.74) is 1.32. The average molecular weight is 192 g/mol. The molecule has 1 nitrogen and oxygen atoms in total. The minimum Gasteiger partial charge on any atom is -0.494 e. The van der Waals surface area contributed by atoms with Crippen LogP contribution in [-0.4, -0.2) is 6.61 Å². The van der Waals surface area contributed by atoms with Gasteiger partial charge in [0.2, 0.25) is 0 Å². The van der Waals surface area contributed by atoms with Crippen LogP contribution in [0.2, 0.25) is 0 Å². The molecule has 0 bridgehead atoms. The van der Waals surface area contributed by atoms with Gasteiger partial charge >= 0.3 is 0 Å². The Kier molecular flexibility index (Phi) is 3.99. The molecule has 0 heterocycles. The van der Waals surface area contributed by atoms with Crippen molar-refractivity contribution in [3.63, 3.8) is 0 Å². The molecular weight excluding hydrogens is 172 g/mol. The van der Waals surface area contributed by atoms with Crippen LogP contribution in [0.4, 0.5) is 0 Å². The van der Waals surface area contributed by atoms with Gasteiger partial charge in [0.25, 0.3) is 0 Å². The van der Waals surface area contributed by atoms with Crippen molar-refractivity contribution in [2.24, 2.45) is 5.92 Å². The highest BCUT2D eigenvalue weighted by atomic mass is 16.5. The molecule has 0 spiro atoms. The number of ether oxygens (including phenoxy) is 1. The Morgan fingerprint density at radius 1 is 1.14 bits per heavy atom. The summed E-state index contributed by atoms with van der Waals surface area (Å²) in [6.07, 6.45) is 0. The monoisotopic (exact) mass is 192 g/mol. The van der Waals surface area contributed by atoms with Gasteiger partial charge in [0, 0.05) is 0 Å². The minimum absolute atomic E-state index is 0.553. The van der Waals surface area contributed by atoms with Gasteiger partial charge in [-0.1, -0.05) is 39.0 Å². The first kappa shape index (κ1) is 11.1. The lowest BCUT2D eigenvalue weighted by atomic mass is 9.90. The van der Waals surface area contributed by atoms with E-state index >= 15 is 0 Å². The summed E-state index contributed by atoms with van der Waals surface area (Å²) in [5.74, 6) is 2.24. The van der Waals surface area contributed by atoms with Crippen LogP contribution in [0.25, 0.3) is 0 Å². The molecule has 1 aromatic carbocycles. The maximum absolute atomic E-state index is 5.61. The molecular formula is C13H20O. The predicted molar refractivity (Wildman–Crippen MR) is 60.9 cm³/mol. The molecule has 1 unspecified atom stereocenters. The van der Waals surface area contributed by atoms with Crippen molar-refractivity contribution in [3.8, 4) is 5.75 Å². The van der Waals surface area contributed by atoms with Gasteiger partial charge < -0.3 is 4.74 Å². The van der Waals surface area contributed by atoms with Crippen molar-refractivity contribution in [2.45, 2.75) is 33.6 Å². The van der Waals surface area contributed by atoms with Crippen LogP contribution in [-0.2, 0) is 0 Å². The summed E-state index contributed by atoms with van der Waals surface area (Å²) < 4.78 is 5.61. The molecule has 0 saturated carbocycles. The van der Waals surface area contributed by atoms with Gasteiger partial charge in [0.15, 0.2) is 0 Å². The molecule has 0 fully saturated rings. The number of benzene rings is 1. The highest BCUT2D eigenvalue weighted by molar-refractivity contribution is 5.36. The van der Waals surface area contributed by atoms with E-state index in [0.29, 0.717) is 11.8 Å². The van der Waals surface area contributed by atoms with Crippen molar-refractivity contribution in [1.29, 1.82) is 0 Å². The first-order chi connectivity index (χ1) is 6.66. The van der Waals surface area contributed by atoms with Gasteiger partial charge in [-0.3, -0.25) is 0 Å². The van der Waals surface area contributed by atoms with E-state index in [1.165, 1.54) is 5.56 Å². The molecule has 0 aliphatic carbocycles. The third-order valence-electron chi connectivity index (χ3n) is 2.71. The summed E-state index contributed by atoms with van der Waals surface area (Å²) in [7, 11) is 0. The molecule has 0 aliphatic rings. The molecule has 14 heavy (non-hydrogen) atoms. The zero-order valence-corrected chi connectivity index (χ0v) is 9.58. The molecule has 0 aromatic heterocycles. The van der Waals surface area contributed by atoms with E-state index < -0.39 is 0 Å². The maximum atomic E-state index is 5.61. The molecule has 0 radical (unpaired) electrons. The highest BCUT2D eigenvalue weighted by Crippen LogP contribution is 2.31. The van der Waals surface area contributed by atoms with E-state index in [1.54, 1.807) is 0 Å². The molecule has 0 saturated heterocycles. The Morgan fingerprint density at radius 3 is 2.36 bits per heavy atom. The van der Waals surface area contributed by atoms with E-state index in [2.05, 4.69) is 39.0 Å². The van der Waals surface area contributed by atoms with Crippen LogP contribution in [0.1, 0.15) is 39.2 Å². The molecule has 1 heteroatoms. The summed E-state index contributed by atoms with van der Waals surface area (Å²) in [6.45, 7) is 9.50. The third-order valence-corrected chi connectivity index (χ3v) is 2.71. The summed E-state index contributed by atoms with van der Waals surface area (Å²) in [4.78, 5) is 0. The Hall–Kier alpha value is -0.980. The van der Waals surface area contributed by atoms with Crippen LogP contribution in [0.15, 0.2) is 24.3 Å². The molecule has 78 valence electrons. The zero-order valence-electron chi connectivity index (χ0n) is 9.58. The lowest BCUT2D eigenvalue weighted by Gasteiger charge is -2.19. The second kappa shape index (κ2) is 5.04. The van der Waals surface area contributed by atoms with Crippen molar-refractivity contribution < 1.29 is 4.74 Å². The van der Waals surface area contributed by atoms with Gasteiger partial charge in [-0.15, -0.1) is 0 Å². The maximum Gasteiger partial charge on any atom is 0.122 e. The largest absolute Gasteiger partial charge is 0.494 e. The number of hydrogen-bond donors (Lipinski definition) is 0. The normalized spacial score (nSPS) is 12.9. The molecule has 1 rings (SSSR count). The van der Waals surface area contributed by atoms with Crippen LogP contribution in [0.5, 0.6) is 5.75 Å². The SMILES string of the molecule is CCOc1ccccc1C(C)C(C)C. The van der Waals surface area contributed by atoms with Gasteiger partial charge in [0.05, 0.1) is 6.61 Å². The van der Waals surface area contributed by atoms with Gasteiger partial charge in [-0.25, -0.2) is 0 Å². The van der Waals surface area contributed by atoms with Crippen LogP contribution < -0.4 is 4.74 Å². The van der Waals surface area contributed by atoms with Crippen LogP contribution in [0, 0.1) is 5.92 Å². The van der Waals surface area contributed by atoms with Gasteiger partial charge in [-0.05, 0) is 30.4 Å². The summed E-state index contributed by atoms with van der Waals surface area (Å²) in [5, 5.41) is 0. The smallest absolute Gasteiger partial charge is 0.122 e. The standard InChI is InChI=1S/C13H20O/c1-5-14-13-9-7-6-8-12(13)11(4)10(2)3/h6-11H,5H2,1-4H3. The van der Waals surface area contributed by atoms with E-state index in [9.17, 15) is 0 Å². The second-order valence-corrected chi connectivity index (χ2v) is 4.00. The van der Waals surface area contributed by atoms with Crippen LogP contribution >= 0.6 is 0 Å². The van der Waals surface area contributed by atoms with Gasteiger partial charge in [-0.2, -0.15) is 0 Å². The van der Waals surface area contributed by atoms with E-state index in [1.807, 2.05) is 13.0 Å². The molecule has 0 amide bonds. The van der Waals surface area contributed by atoms with E-state index in [-0.39, 0.29) is 0 Å². The van der Waals surface area contributed by atoms with Crippen molar-refractivity contribution in [1.82, 2.24) is 0 Å². The molecule has 1 atom stereocenters.